The molecule has 98 valence electrons. The molecule has 1 atom stereocenters. The van der Waals surface area contributed by atoms with Gasteiger partial charge in [-0.15, -0.1) is 0 Å². The van der Waals surface area contributed by atoms with E-state index in [9.17, 15) is 0 Å². The van der Waals surface area contributed by atoms with E-state index in [1.807, 2.05) is 0 Å². The molecule has 0 aromatic rings. The molecule has 0 N–H and O–H groups in total. The fraction of sp³-hybridized carbons (Fsp3) is 1.00. The van der Waals surface area contributed by atoms with Crippen molar-refractivity contribution in [3.05, 3.63) is 0 Å². The summed E-state index contributed by atoms with van der Waals surface area (Å²) in [5.41, 5.74) is -0.0781. The van der Waals surface area contributed by atoms with Crippen LogP contribution in [-0.2, 0) is 4.74 Å². The van der Waals surface area contributed by atoms with Gasteiger partial charge in [0.2, 0.25) is 0 Å². The van der Waals surface area contributed by atoms with Crippen molar-refractivity contribution in [2.75, 3.05) is 6.61 Å². The Morgan fingerprint density at radius 2 is 1.44 bits per heavy atom. The number of hydrogen-bond donors (Lipinski definition) is 0. The zero-order valence-corrected chi connectivity index (χ0v) is 12.1. The van der Waals surface area contributed by atoms with Crippen molar-refractivity contribution in [1.29, 1.82) is 0 Å². The lowest BCUT2D eigenvalue weighted by molar-refractivity contribution is 0.0622. The largest absolute Gasteiger partial charge is 0.362 e. The molecule has 0 fully saturated rings. The highest BCUT2D eigenvalue weighted by Gasteiger charge is 2.15. The summed E-state index contributed by atoms with van der Waals surface area (Å²) >= 11 is 6.19. The molecule has 2 heteroatoms. The molecule has 0 bridgehead atoms. The first kappa shape index (κ1) is 16.2. The first-order valence-corrected chi connectivity index (χ1v) is 7.45. The van der Waals surface area contributed by atoms with Gasteiger partial charge in [0.05, 0.1) is 0 Å². The standard InChI is InChI=1S/C14H29ClO/c1-4-7-8-9-10-11-12-16-14(15)13(5-2)6-3/h13-14H,4-12H2,1-3H3. The number of ether oxygens (including phenoxy) is 1. The topological polar surface area (TPSA) is 9.23 Å². The van der Waals surface area contributed by atoms with E-state index in [4.69, 9.17) is 16.3 Å². The van der Waals surface area contributed by atoms with Gasteiger partial charge >= 0.3 is 0 Å². The van der Waals surface area contributed by atoms with Crippen LogP contribution in [0, 0.1) is 5.92 Å². The zero-order valence-electron chi connectivity index (χ0n) is 11.3. The number of hydrogen-bond acceptors (Lipinski definition) is 1. The molecular formula is C14H29ClO. The van der Waals surface area contributed by atoms with Gasteiger partial charge < -0.3 is 4.74 Å². The van der Waals surface area contributed by atoms with Gasteiger partial charge in [-0.05, 0) is 25.2 Å². The molecule has 0 aliphatic rings. The molecule has 1 nitrogen and oxygen atoms in total. The minimum atomic E-state index is -0.0781. The molecule has 0 saturated heterocycles. The van der Waals surface area contributed by atoms with Crippen LogP contribution in [0.3, 0.4) is 0 Å². The van der Waals surface area contributed by atoms with Crippen molar-refractivity contribution in [2.24, 2.45) is 5.92 Å². The van der Waals surface area contributed by atoms with Gasteiger partial charge in [0.15, 0.2) is 0 Å². The van der Waals surface area contributed by atoms with Gasteiger partial charge in [-0.3, -0.25) is 0 Å². The van der Waals surface area contributed by atoms with E-state index in [1.165, 1.54) is 32.1 Å². The van der Waals surface area contributed by atoms with Crippen molar-refractivity contribution < 1.29 is 4.74 Å². The Morgan fingerprint density at radius 1 is 0.875 bits per heavy atom. The van der Waals surface area contributed by atoms with Crippen LogP contribution in [0.1, 0.15) is 72.1 Å². The lowest BCUT2D eigenvalue weighted by Gasteiger charge is -2.19. The van der Waals surface area contributed by atoms with Crippen LogP contribution >= 0.6 is 11.6 Å². The van der Waals surface area contributed by atoms with Crippen LogP contribution < -0.4 is 0 Å². The van der Waals surface area contributed by atoms with Gasteiger partial charge in [0, 0.05) is 6.61 Å². The average molecular weight is 249 g/mol. The Kier molecular flexibility index (Phi) is 11.9. The van der Waals surface area contributed by atoms with Gasteiger partial charge in [0.1, 0.15) is 5.56 Å². The van der Waals surface area contributed by atoms with Gasteiger partial charge in [0.25, 0.3) is 0 Å². The highest BCUT2D eigenvalue weighted by atomic mass is 35.5. The van der Waals surface area contributed by atoms with Gasteiger partial charge in [-0.25, -0.2) is 0 Å². The van der Waals surface area contributed by atoms with Crippen LogP contribution in [-0.4, -0.2) is 12.2 Å². The smallest absolute Gasteiger partial charge is 0.133 e. The third-order valence-electron chi connectivity index (χ3n) is 3.19. The highest BCUT2D eigenvalue weighted by molar-refractivity contribution is 6.19. The molecular weight excluding hydrogens is 220 g/mol. The van der Waals surface area contributed by atoms with Crippen molar-refractivity contribution >= 4 is 11.6 Å². The second kappa shape index (κ2) is 11.7. The molecule has 0 aromatic heterocycles. The monoisotopic (exact) mass is 248 g/mol. The minimum absolute atomic E-state index is 0.0781. The molecule has 0 aliphatic carbocycles. The van der Waals surface area contributed by atoms with Crippen molar-refractivity contribution in [1.82, 2.24) is 0 Å². The SMILES string of the molecule is CCCCCCCCOC(Cl)C(CC)CC. The molecule has 0 rings (SSSR count). The van der Waals surface area contributed by atoms with Crippen molar-refractivity contribution in [2.45, 2.75) is 77.7 Å². The maximum Gasteiger partial charge on any atom is 0.133 e. The Bertz CT molecular complexity index is 135. The third-order valence-corrected chi connectivity index (χ3v) is 3.68. The first-order chi connectivity index (χ1) is 7.76. The fourth-order valence-electron chi connectivity index (χ4n) is 1.87. The Balaban J connectivity index is 3.30. The summed E-state index contributed by atoms with van der Waals surface area (Å²) in [5.74, 6) is 0.516. The lowest BCUT2D eigenvalue weighted by atomic mass is 10.1. The molecule has 0 aromatic carbocycles. The second-order valence-corrected chi connectivity index (χ2v) is 5.00. The van der Waals surface area contributed by atoms with Crippen LogP contribution in [0.25, 0.3) is 0 Å². The Labute approximate surface area is 107 Å². The van der Waals surface area contributed by atoms with E-state index in [2.05, 4.69) is 20.8 Å². The average Bonchev–Trinajstić information content (AvgIpc) is 2.29. The fourth-order valence-corrected chi connectivity index (χ4v) is 2.32. The maximum atomic E-state index is 6.19. The zero-order chi connectivity index (χ0) is 12.2. The number of alkyl halides is 1. The Hall–Kier alpha value is 0.250. The Morgan fingerprint density at radius 3 is 2.00 bits per heavy atom. The highest BCUT2D eigenvalue weighted by Crippen LogP contribution is 2.19. The lowest BCUT2D eigenvalue weighted by Crippen LogP contribution is -2.17. The quantitative estimate of drug-likeness (QED) is 0.353. The van der Waals surface area contributed by atoms with E-state index in [-0.39, 0.29) is 5.56 Å². The molecule has 0 spiro atoms. The van der Waals surface area contributed by atoms with Gasteiger partial charge in [-0.2, -0.15) is 0 Å². The normalized spacial score (nSPS) is 13.3. The molecule has 0 amide bonds. The number of halogens is 1. The van der Waals surface area contributed by atoms with Gasteiger partial charge in [-0.1, -0.05) is 64.5 Å². The molecule has 16 heavy (non-hydrogen) atoms. The van der Waals surface area contributed by atoms with Crippen LogP contribution in [0.15, 0.2) is 0 Å². The number of unbranched alkanes of at least 4 members (excludes halogenated alkanes) is 5. The van der Waals surface area contributed by atoms with E-state index in [0.29, 0.717) is 5.92 Å². The molecule has 0 saturated carbocycles. The predicted octanol–water partition coefficient (Wildman–Crippen LogP) is 5.36. The maximum absolute atomic E-state index is 6.19. The van der Waals surface area contributed by atoms with E-state index in [1.54, 1.807) is 0 Å². The van der Waals surface area contributed by atoms with E-state index < -0.39 is 0 Å². The summed E-state index contributed by atoms with van der Waals surface area (Å²) in [6, 6.07) is 0. The summed E-state index contributed by atoms with van der Waals surface area (Å²) in [7, 11) is 0. The van der Waals surface area contributed by atoms with E-state index >= 15 is 0 Å². The molecule has 1 unspecified atom stereocenters. The van der Waals surface area contributed by atoms with E-state index in [0.717, 1.165) is 25.9 Å². The van der Waals surface area contributed by atoms with Crippen LogP contribution in [0.4, 0.5) is 0 Å². The molecule has 0 aliphatic heterocycles. The van der Waals surface area contributed by atoms with Crippen LogP contribution in [0.2, 0.25) is 0 Å². The number of rotatable bonds is 11. The second-order valence-electron chi connectivity index (χ2n) is 4.57. The van der Waals surface area contributed by atoms with Crippen molar-refractivity contribution in [3.8, 4) is 0 Å². The molecule has 0 heterocycles. The minimum Gasteiger partial charge on any atom is -0.362 e. The summed E-state index contributed by atoms with van der Waals surface area (Å²) in [6.07, 6.45) is 10.1. The summed E-state index contributed by atoms with van der Waals surface area (Å²) in [4.78, 5) is 0. The van der Waals surface area contributed by atoms with Crippen LogP contribution in [0.5, 0.6) is 0 Å². The van der Waals surface area contributed by atoms with Crippen molar-refractivity contribution in [3.63, 3.8) is 0 Å². The summed E-state index contributed by atoms with van der Waals surface area (Å²) in [5, 5.41) is 0. The summed E-state index contributed by atoms with van der Waals surface area (Å²) < 4.78 is 5.66. The summed E-state index contributed by atoms with van der Waals surface area (Å²) in [6.45, 7) is 7.43. The third kappa shape index (κ3) is 8.41. The molecule has 0 radical (unpaired) electrons. The first-order valence-electron chi connectivity index (χ1n) is 7.01. The predicted molar refractivity (Wildman–Crippen MR) is 73.0 cm³/mol.